The summed E-state index contributed by atoms with van der Waals surface area (Å²) in [6, 6.07) is 7.07. The van der Waals surface area contributed by atoms with Crippen molar-refractivity contribution in [1.29, 1.82) is 0 Å². The van der Waals surface area contributed by atoms with E-state index in [0.717, 1.165) is 5.56 Å². The van der Waals surface area contributed by atoms with Crippen LogP contribution in [0.2, 0.25) is 0 Å². The van der Waals surface area contributed by atoms with Crippen molar-refractivity contribution >= 4 is 27.0 Å². The first-order valence-electron chi connectivity index (χ1n) is 12.5. The number of nitrogens with one attached hydrogen (secondary N) is 1. The number of fused-ring (bicyclic) bond motifs is 1. The second kappa shape index (κ2) is 10.6. The average molecular weight is 557 g/mol. The number of imidazole rings is 1. The van der Waals surface area contributed by atoms with Crippen LogP contribution in [-0.4, -0.2) is 52.7 Å². The summed E-state index contributed by atoms with van der Waals surface area (Å²) in [5.74, 6) is -1.27. The Balaban J connectivity index is 1.47. The Kier molecular flexibility index (Phi) is 7.36. The number of anilines is 2. The van der Waals surface area contributed by atoms with Crippen LogP contribution in [0.1, 0.15) is 36.8 Å². The summed E-state index contributed by atoms with van der Waals surface area (Å²) in [5.41, 5.74) is 8.81. The number of hydrogen-bond acceptors (Lipinski definition) is 8. The van der Waals surface area contributed by atoms with Crippen LogP contribution in [0.4, 0.5) is 20.4 Å². The van der Waals surface area contributed by atoms with E-state index in [0.29, 0.717) is 35.6 Å². The van der Waals surface area contributed by atoms with E-state index in [1.807, 2.05) is 13.0 Å². The lowest BCUT2D eigenvalue weighted by Gasteiger charge is -2.38. The molecule has 4 atom stereocenters. The quantitative estimate of drug-likeness (QED) is 0.347. The van der Waals surface area contributed by atoms with Gasteiger partial charge in [-0.05, 0) is 66.1 Å². The zero-order valence-corrected chi connectivity index (χ0v) is 22.6. The number of methoxy groups -OCH3 is 1. The van der Waals surface area contributed by atoms with Gasteiger partial charge in [-0.2, -0.15) is 9.61 Å². The molecule has 12 heteroatoms. The molecule has 0 saturated heterocycles. The van der Waals surface area contributed by atoms with Gasteiger partial charge >= 0.3 is 0 Å². The maximum Gasteiger partial charge on any atom is 0.229 e. The highest BCUT2D eigenvalue weighted by atomic mass is 32.2. The van der Waals surface area contributed by atoms with E-state index in [9.17, 15) is 17.2 Å². The van der Waals surface area contributed by atoms with Crippen LogP contribution in [0.15, 0.2) is 48.9 Å². The van der Waals surface area contributed by atoms with Crippen molar-refractivity contribution < 1.29 is 21.9 Å². The van der Waals surface area contributed by atoms with Crippen molar-refractivity contribution in [2.75, 3.05) is 18.7 Å². The third-order valence-corrected chi connectivity index (χ3v) is 9.09. The van der Waals surface area contributed by atoms with Crippen molar-refractivity contribution in [2.45, 2.75) is 43.6 Å². The predicted molar refractivity (Wildman–Crippen MR) is 144 cm³/mol. The second-order valence-corrected chi connectivity index (χ2v) is 12.4. The lowest BCUT2D eigenvalue weighted by atomic mass is 9.76. The topological polar surface area (TPSA) is 124 Å². The van der Waals surface area contributed by atoms with Gasteiger partial charge in [-0.15, -0.1) is 0 Å². The molecule has 206 valence electrons. The van der Waals surface area contributed by atoms with Crippen LogP contribution in [0.25, 0.3) is 16.8 Å². The summed E-state index contributed by atoms with van der Waals surface area (Å²) in [6.45, 7) is 2.00. The van der Waals surface area contributed by atoms with E-state index >= 15 is 0 Å². The van der Waals surface area contributed by atoms with Crippen LogP contribution < -0.4 is 11.1 Å². The molecule has 0 aliphatic heterocycles. The minimum atomic E-state index is -3.28. The molecule has 9 nitrogen and oxygen atoms in total. The minimum absolute atomic E-state index is 0.00190. The highest BCUT2D eigenvalue weighted by Gasteiger charge is 2.40. The van der Waals surface area contributed by atoms with E-state index in [4.69, 9.17) is 10.5 Å². The number of nitrogens with zero attached hydrogens (tertiary/aromatic N) is 4. The molecule has 39 heavy (non-hydrogen) atoms. The van der Waals surface area contributed by atoms with Crippen LogP contribution in [0.5, 0.6) is 0 Å². The van der Waals surface area contributed by atoms with Gasteiger partial charge in [0.05, 0.1) is 46.7 Å². The number of rotatable bonds is 7. The number of sulfone groups is 1. The van der Waals surface area contributed by atoms with Gasteiger partial charge in [0.2, 0.25) is 5.95 Å². The van der Waals surface area contributed by atoms with Crippen molar-refractivity contribution in [3.05, 3.63) is 71.7 Å². The molecular weight excluding hydrogens is 526 g/mol. The SMILES string of the molecule is COCc1cc(F)c(-c2ccc3cnc(Nc4cnccc4[C@H]4C[C@@H](N)[C@H](S(C)(=O)=O)[C@@H](C)C4)n3n2)c(F)c1. The van der Waals surface area contributed by atoms with Gasteiger partial charge < -0.3 is 15.8 Å². The first-order valence-corrected chi connectivity index (χ1v) is 14.5. The summed E-state index contributed by atoms with van der Waals surface area (Å²) in [4.78, 5) is 8.67. The molecule has 3 N–H and O–H groups in total. The molecule has 3 heterocycles. The third kappa shape index (κ3) is 5.36. The van der Waals surface area contributed by atoms with Gasteiger partial charge in [-0.25, -0.2) is 22.2 Å². The van der Waals surface area contributed by atoms with E-state index < -0.39 is 32.8 Å². The molecule has 1 fully saturated rings. The third-order valence-electron chi connectivity index (χ3n) is 7.28. The number of pyridine rings is 1. The zero-order chi connectivity index (χ0) is 27.9. The van der Waals surface area contributed by atoms with Crippen molar-refractivity contribution in [2.24, 2.45) is 11.7 Å². The number of hydrogen-bond donors (Lipinski definition) is 2. The van der Waals surface area contributed by atoms with Crippen molar-refractivity contribution in [1.82, 2.24) is 19.6 Å². The maximum absolute atomic E-state index is 14.9. The molecule has 0 radical (unpaired) electrons. The molecule has 0 amide bonds. The highest BCUT2D eigenvalue weighted by Crippen LogP contribution is 2.41. The fraction of sp³-hybridized carbons (Fsp3) is 0.370. The first kappa shape index (κ1) is 27.1. The van der Waals surface area contributed by atoms with Gasteiger partial charge in [-0.1, -0.05) is 6.92 Å². The largest absolute Gasteiger partial charge is 0.380 e. The summed E-state index contributed by atoms with van der Waals surface area (Å²) in [5, 5.41) is 7.15. The minimum Gasteiger partial charge on any atom is -0.380 e. The maximum atomic E-state index is 14.9. The summed E-state index contributed by atoms with van der Waals surface area (Å²) in [7, 11) is -1.82. The van der Waals surface area contributed by atoms with Gasteiger partial charge in [0.1, 0.15) is 11.6 Å². The molecule has 1 aromatic carbocycles. The number of nitrogens with two attached hydrogens (primary N) is 1. The molecule has 4 aromatic rings. The fourth-order valence-electron chi connectivity index (χ4n) is 5.77. The van der Waals surface area contributed by atoms with Crippen LogP contribution in [0.3, 0.4) is 0 Å². The molecule has 5 rings (SSSR count). The summed E-state index contributed by atoms with van der Waals surface area (Å²) >= 11 is 0. The Labute approximate surface area is 225 Å². The number of benzene rings is 1. The smallest absolute Gasteiger partial charge is 0.229 e. The molecule has 1 aliphatic carbocycles. The molecule has 1 aliphatic rings. The standard InChI is InChI=1S/C27H30F2N6O3S/c1-15-8-17(11-22(30)26(15)39(3,36)37)19-6-7-31-13-24(19)33-27-32-12-18-4-5-23(34-35(18)27)25-20(28)9-16(14-38-2)10-21(25)29/h4-7,9-10,12-13,15,17,22,26H,8,11,14,30H2,1-3H3,(H,32,33)/t15-,17+,22+,26+/m0/s1. The van der Waals surface area contributed by atoms with Crippen molar-refractivity contribution in [3.63, 3.8) is 0 Å². The van der Waals surface area contributed by atoms with Crippen LogP contribution in [-0.2, 0) is 21.2 Å². The van der Waals surface area contributed by atoms with Gasteiger partial charge in [-0.3, -0.25) is 4.98 Å². The Morgan fingerprint density at radius 2 is 1.90 bits per heavy atom. The Morgan fingerprint density at radius 1 is 1.15 bits per heavy atom. The van der Waals surface area contributed by atoms with E-state index in [1.54, 1.807) is 24.7 Å². The molecular formula is C27H30F2N6O3S. The zero-order valence-electron chi connectivity index (χ0n) is 21.8. The first-order chi connectivity index (χ1) is 18.6. The lowest BCUT2D eigenvalue weighted by Crippen LogP contribution is -2.48. The predicted octanol–water partition coefficient (Wildman–Crippen LogP) is 4.21. The van der Waals surface area contributed by atoms with E-state index in [2.05, 4.69) is 20.4 Å². The lowest BCUT2D eigenvalue weighted by molar-refractivity contribution is 0.184. The molecule has 3 aromatic heterocycles. The summed E-state index contributed by atoms with van der Waals surface area (Å²) in [6.07, 6.45) is 7.32. The average Bonchev–Trinajstić information content (AvgIpc) is 3.25. The van der Waals surface area contributed by atoms with Gasteiger partial charge in [0.25, 0.3) is 0 Å². The van der Waals surface area contributed by atoms with Gasteiger partial charge in [0.15, 0.2) is 9.84 Å². The van der Waals surface area contributed by atoms with E-state index in [1.165, 1.54) is 36.1 Å². The van der Waals surface area contributed by atoms with Crippen LogP contribution in [0, 0.1) is 17.6 Å². The highest BCUT2D eigenvalue weighted by molar-refractivity contribution is 7.91. The number of ether oxygens (including phenoxy) is 1. The van der Waals surface area contributed by atoms with E-state index in [-0.39, 0.29) is 29.7 Å². The Hall–Kier alpha value is -3.48. The summed E-state index contributed by atoms with van der Waals surface area (Å²) < 4.78 is 60.8. The molecule has 0 bridgehead atoms. The molecule has 0 spiro atoms. The second-order valence-electron chi connectivity index (χ2n) is 10.2. The fourth-order valence-corrected chi connectivity index (χ4v) is 7.47. The molecule has 1 saturated carbocycles. The molecule has 0 unspecified atom stereocenters. The van der Waals surface area contributed by atoms with Crippen LogP contribution >= 0.6 is 0 Å². The monoisotopic (exact) mass is 556 g/mol. The number of halogens is 2. The van der Waals surface area contributed by atoms with Gasteiger partial charge in [0, 0.05) is 25.6 Å². The normalized spacial score (nSPS) is 21.8. The number of aromatic nitrogens is 4. The Bertz CT molecular complexity index is 1590. The van der Waals surface area contributed by atoms with Crippen molar-refractivity contribution in [3.8, 4) is 11.3 Å². The Morgan fingerprint density at radius 3 is 2.56 bits per heavy atom.